The molecule has 1 aromatic carbocycles. The summed E-state index contributed by atoms with van der Waals surface area (Å²) in [7, 11) is 0. The Morgan fingerprint density at radius 1 is 1.20 bits per heavy atom. The smallest absolute Gasteiger partial charge is 0.0547 e. The summed E-state index contributed by atoms with van der Waals surface area (Å²) >= 11 is 6.04. The third kappa shape index (κ3) is 3.95. The van der Waals surface area contributed by atoms with Gasteiger partial charge in [0, 0.05) is 29.5 Å². The second kappa shape index (κ2) is 6.73. The molecule has 1 heterocycles. The Labute approximate surface area is 125 Å². The first-order valence-corrected chi connectivity index (χ1v) is 7.15. The van der Waals surface area contributed by atoms with Crippen LogP contribution in [0.2, 0.25) is 5.02 Å². The Hall–Kier alpha value is -1.58. The highest BCUT2D eigenvalue weighted by Gasteiger charge is 2.09. The molecule has 2 aromatic rings. The maximum atomic E-state index is 6.04. The van der Waals surface area contributed by atoms with Crippen molar-refractivity contribution in [1.82, 2.24) is 9.88 Å². The van der Waals surface area contributed by atoms with E-state index in [9.17, 15) is 0 Å². The number of halogens is 1. The summed E-state index contributed by atoms with van der Waals surface area (Å²) < 4.78 is 0. The van der Waals surface area contributed by atoms with Crippen molar-refractivity contribution >= 4 is 17.3 Å². The maximum Gasteiger partial charge on any atom is 0.0547 e. The second-order valence-electron chi connectivity index (χ2n) is 4.92. The van der Waals surface area contributed by atoms with Gasteiger partial charge in [0.1, 0.15) is 0 Å². The monoisotopic (exact) mass is 289 g/mol. The third-order valence-corrected chi connectivity index (χ3v) is 3.51. The van der Waals surface area contributed by atoms with Crippen LogP contribution in [0.1, 0.15) is 23.9 Å². The third-order valence-electron chi connectivity index (χ3n) is 3.28. The summed E-state index contributed by atoms with van der Waals surface area (Å²) in [5, 5.41) is 0.721. The molecule has 4 heteroatoms. The number of aryl methyl sites for hydroxylation is 1. The number of benzene rings is 1. The minimum Gasteiger partial charge on any atom is -0.398 e. The van der Waals surface area contributed by atoms with Crippen LogP contribution in [0.4, 0.5) is 5.69 Å². The molecule has 0 bridgehead atoms. The van der Waals surface area contributed by atoms with Crippen molar-refractivity contribution in [2.24, 2.45) is 0 Å². The van der Waals surface area contributed by atoms with E-state index in [0.717, 1.165) is 47.3 Å². The zero-order valence-electron chi connectivity index (χ0n) is 11.9. The fourth-order valence-corrected chi connectivity index (χ4v) is 2.34. The van der Waals surface area contributed by atoms with Crippen molar-refractivity contribution in [1.29, 1.82) is 0 Å². The van der Waals surface area contributed by atoms with Gasteiger partial charge in [0.25, 0.3) is 0 Å². The standard InChI is InChI=1S/C16H20ClN3/c1-3-20(11-15-6-4-5-12(2)19-15)10-13-9-14(17)7-8-16(13)18/h4-9H,3,10-11,18H2,1-2H3. The van der Waals surface area contributed by atoms with Gasteiger partial charge in [0.15, 0.2) is 0 Å². The van der Waals surface area contributed by atoms with Crippen molar-refractivity contribution < 1.29 is 0 Å². The second-order valence-corrected chi connectivity index (χ2v) is 5.35. The Balaban J connectivity index is 2.11. The number of aromatic nitrogens is 1. The SMILES string of the molecule is CCN(Cc1cccc(C)n1)Cc1cc(Cl)ccc1N. The van der Waals surface area contributed by atoms with Crippen LogP contribution in [0.5, 0.6) is 0 Å². The van der Waals surface area contributed by atoms with Gasteiger partial charge in [-0.25, -0.2) is 0 Å². The zero-order valence-corrected chi connectivity index (χ0v) is 12.7. The molecule has 0 aliphatic carbocycles. The van der Waals surface area contributed by atoms with Gasteiger partial charge in [-0.1, -0.05) is 24.6 Å². The van der Waals surface area contributed by atoms with Crippen LogP contribution >= 0.6 is 11.6 Å². The molecule has 0 saturated heterocycles. The number of hydrogen-bond acceptors (Lipinski definition) is 3. The molecule has 106 valence electrons. The summed E-state index contributed by atoms with van der Waals surface area (Å²) in [6, 6.07) is 11.7. The van der Waals surface area contributed by atoms with E-state index in [1.54, 1.807) is 0 Å². The summed E-state index contributed by atoms with van der Waals surface area (Å²) in [5.74, 6) is 0. The molecule has 2 N–H and O–H groups in total. The molecule has 0 spiro atoms. The van der Waals surface area contributed by atoms with Gasteiger partial charge < -0.3 is 5.73 Å². The normalized spacial score (nSPS) is 11.0. The summed E-state index contributed by atoms with van der Waals surface area (Å²) in [6.45, 7) is 6.66. The number of rotatable bonds is 5. The molecule has 0 saturated carbocycles. The fourth-order valence-electron chi connectivity index (χ4n) is 2.15. The summed E-state index contributed by atoms with van der Waals surface area (Å²) in [5.41, 5.74) is 9.97. The molecular weight excluding hydrogens is 270 g/mol. The summed E-state index contributed by atoms with van der Waals surface area (Å²) in [6.07, 6.45) is 0. The predicted molar refractivity (Wildman–Crippen MR) is 84.6 cm³/mol. The van der Waals surface area contributed by atoms with Gasteiger partial charge in [-0.2, -0.15) is 0 Å². The molecule has 20 heavy (non-hydrogen) atoms. The van der Waals surface area contributed by atoms with E-state index < -0.39 is 0 Å². The molecule has 3 nitrogen and oxygen atoms in total. The molecule has 0 aliphatic rings. The molecule has 2 rings (SSSR count). The van der Waals surface area contributed by atoms with Crippen molar-refractivity contribution in [3.05, 3.63) is 58.4 Å². The van der Waals surface area contributed by atoms with Gasteiger partial charge >= 0.3 is 0 Å². The van der Waals surface area contributed by atoms with Crippen LogP contribution < -0.4 is 5.73 Å². The number of hydrogen-bond donors (Lipinski definition) is 1. The topological polar surface area (TPSA) is 42.2 Å². The lowest BCUT2D eigenvalue weighted by Gasteiger charge is -2.21. The summed E-state index contributed by atoms with van der Waals surface area (Å²) in [4.78, 5) is 6.84. The van der Waals surface area contributed by atoms with Crippen molar-refractivity contribution in [3.8, 4) is 0 Å². The first-order valence-electron chi connectivity index (χ1n) is 6.77. The average Bonchev–Trinajstić information content (AvgIpc) is 2.42. The van der Waals surface area contributed by atoms with Gasteiger partial charge in [-0.3, -0.25) is 9.88 Å². The van der Waals surface area contributed by atoms with E-state index in [2.05, 4.69) is 22.9 Å². The highest BCUT2D eigenvalue weighted by molar-refractivity contribution is 6.30. The quantitative estimate of drug-likeness (QED) is 0.855. The molecule has 0 amide bonds. The van der Waals surface area contributed by atoms with E-state index in [4.69, 9.17) is 17.3 Å². The van der Waals surface area contributed by atoms with Crippen LogP contribution in [-0.2, 0) is 13.1 Å². The van der Waals surface area contributed by atoms with Crippen LogP contribution in [0.15, 0.2) is 36.4 Å². The Bertz CT molecular complexity index is 584. The zero-order chi connectivity index (χ0) is 14.5. The maximum absolute atomic E-state index is 6.04. The van der Waals surface area contributed by atoms with Gasteiger partial charge in [0.2, 0.25) is 0 Å². The van der Waals surface area contributed by atoms with Crippen molar-refractivity contribution in [2.75, 3.05) is 12.3 Å². The van der Waals surface area contributed by atoms with Crippen molar-refractivity contribution in [2.45, 2.75) is 26.9 Å². The first kappa shape index (κ1) is 14.8. The van der Waals surface area contributed by atoms with E-state index in [-0.39, 0.29) is 0 Å². The number of nitrogens with two attached hydrogens (primary N) is 1. The fraction of sp³-hybridized carbons (Fsp3) is 0.312. The number of anilines is 1. The van der Waals surface area contributed by atoms with Gasteiger partial charge in [-0.15, -0.1) is 0 Å². The molecule has 0 unspecified atom stereocenters. The Morgan fingerprint density at radius 3 is 2.70 bits per heavy atom. The molecular formula is C16H20ClN3. The van der Waals surface area contributed by atoms with Crippen LogP contribution in [-0.4, -0.2) is 16.4 Å². The van der Waals surface area contributed by atoms with Crippen LogP contribution in [0.3, 0.4) is 0 Å². The van der Waals surface area contributed by atoms with E-state index in [1.807, 2.05) is 37.3 Å². The minimum absolute atomic E-state index is 0.721. The van der Waals surface area contributed by atoms with Gasteiger partial charge in [-0.05, 0) is 49.4 Å². The molecule has 0 aliphatic heterocycles. The Morgan fingerprint density at radius 2 is 2.00 bits per heavy atom. The predicted octanol–water partition coefficient (Wildman–Crippen LogP) is 3.65. The number of nitrogens with zero attached hydrogens (tertiary/aromatic N) is 2. The number of pyridine rings is 1. The lowest BCUT2D eigenvalue weighted by molar-refractivity contribution is 0.268. The highest BCUT2D eigenvalue weighted by Crippen LogP contribution is 2.20. The Kier molecular flexibility index (Phi) is 4.99. The molecule has 0 radical (unpaired) electrons. The van der Waals surface area contributed by atoms with E-state index in [0.29, 0.717) is 0 Å². The number of nitrogen functional groups attached to an aromatic ring is 1. The lowest BCUT2D eigenvalue weighted by Crippen LogP contribution is -2.23. The van der Waals surface area contributed by atoms with Crippen LogP contribution in [0.25, 0.3) is 0 Å². The van der Waals surface area contributed by atoms with Crippen LogP contribution in [0, 0.1) is 6.92 Å². The largest absolute Gasteiger partial charge is 0.398 e. The van der Waals surface area contributed by atoms with E-state index in [1.165, 1.54) is 0 Å². The average molecular weight is 290 g/mol. The molecule has 1 aromatic heterocycles. The van der Waals surface area contributed by atoms with Gasteiger partial charge in [0.05, 0.1) is 5.69 Å². The van der Waals surface area contributed by atoms with Crippen molar-refractivity contribution in [3.63, 3.8) is 0 Å². The molecule has 0 fully saturated rings. The first-order chi connectivity index (χ1) is 9.58. The highest BCUT2D eigenvalue weighted by atomic mass is 35.5. The molecule has 0 atom stereocenters. The van der Waals surface area contributed by atoms with E-state index >= 15 is 0 Å². The minimum atomic E-state index is 0.721. The lowest BCUT2D eigenvalue weighted by atomic mass is 10.1.